The van der Waals surface area contributed by atoms with Crippen molar-refractivity contribution in [3.8, 4) is 16.9 Å². The van der Waals surface area contributed by atoms with Gasteiger partial charge in [0.2, 0.25) is 0 Å². The first-order chi connectivity index (χ1) is 18.2. The highest BCUT2D eigenvalue weighted by atomic mass is 16.5. The van der Waals surface area contributed by atoms with Gasteiger partial charge in [0.05, 0.1) is 18.0 Å². The smallest absolute Gasteiger partial charge is 0.258 e. The van der Waals surface area contributed by atoms with E-state index in [-0.39, 0.29) is 5.91 Å². The number of para-hydroxylation sites is 2. The van der Waals surface area contributed by atoms with Gasteiger partial charge in [-0.15, -0.1) is 0 Å². The third kappa shape index (κ3) is 4.94. The van der Waals surface area contributed by atoms with E-state index in [4.69, 9.17) is 4.74 Å². The highest BCUT2D eigenvalue weighted by molar-refractivity contribution is 6.08. The SMILES string of the molecule is C[C@H]1CCN(C(=O)c2ccc(-c3ccc4[nH]ccc4c3)c(OCC3CCCNC3)c2)c2ccccc2N1. The molecule has 37 heavy (non-hydrogen) atoms. The summed E-state index contributed by atoms with van der Waals surface area (Å²) in [6.45, 7) is 5.51. The summed E-state index contributed by atoms with van der Waals surface area (Å²) in [5, 5.41) is 8.17. The Morgan fingerprint density at radius 1 is 1.05 bits per heavy atom. The maximum atomic E-state index is 13.9. The molecule has 0 aliphatic carbocycles. The molecule has 3 N–H and O–H groups in total. The van der Waals surface area contributed by atoms with Crippen LogP contribution in [0.5, 0.6) is 5.75 Å². The molecule has 1 aromatic heterocycles. The van der Waals surface area contributed by atoms with E-state index < -0.39 is 0 Å². The Balaban J connectivity index is 1.35. The monoisotopic (exact) mass is 494 g/mol. The van der Waals surface area contributed by atoms with Gasteiger partial charge in [0.25, 0.3) is 5.91 Å². The number of rotatable bonds is 5. The number of carbonyl (C=O) groups excluding carboxylic acids is 1. The first-order valence-corrected chi connectivity index (χ1v) is 13.4. The average molecular weight is 495 g/mol. The van der Waals surface area contributed by atoms with Gasteiger partial charge in [0, 0.05) is 47.9 Å². The van der Waals surface area contributed by atoms with Crippen LogP contribution >= 0.6 is 0 Å². The number of hydrogen-bond donors (Lipinski definition) is 3. The van der Waals surface area contributed by atoms with Gasteiger partial charge in [-0.1, -0.05) is 18.2 Å². The molecule has 3 aromatic carbocycles. The molecular weight excluding hydrogens is 460 g/mol. The van der Waals surface area contributed by atoms with Crippen molar-refractivity contribution in [3.05, 3.63) is 78.5 Å². The molecule has 0 bridgehead atoms. The summed E-state index contributed by atoms with van der Waals surface area (Å²) in [7, 11) is 0. The molecule has 2 aliphatic heterocycles. The molecule has 0 spiro atoms. The van der Waals surface area contributed by atoms with Crippen molar-refractivity contribution in [1.82, 2.24) is 10.3 Å². The van der Waals surface area contributed by atoms with Crippen LogP contribution in [0.2, 0.25) is 0 Å². The number of aromatic amines is 1. The van der Waals surface area contributed by atoms with Gasteiger partial charge < -0.3 is 25.3 Å². The van der Waals surface area contributed by atoms with Crippen LogP contribution in [0.15, 0.2) is 72.9 Å². The number of carbonyl (C=O) groups is 1. The number of nitrogens with zero attached hydrogens (tertiary/aromatic N) is 1. The third-order valence-electron chi connectivity index (χ3n) is 7.59. The van der Waals surface area contributed by atoms with Crippen molar-refractivity contribution < 1.29 is 9.53 Å². The number of nitrogens with one attached hydrogen (secondary N) is 3. The van der Waals surface area contributed by atoms with Crippen molar-refractivity contribution >= 4 is 28.2 Å². The predicted molar refractivity (Wildman–Crippen MR) is 151 cm³/mol. The Morgan fingerprint density at radius 3 is 2.86 bits per heavy atom. The van der Waals surface area contributed by atoms with E-state index in [0.29, 0.717) is 30.7 Å². The van der Waals surface area contributed by atoms with Crippen molar-refractivity contribution in [2.45, 2.75) is 32.2 Å². The molecule has 3 heterocycles. The van der Waals surface area contributed by atoms with E-state index in [2.05, 4.69) is 46.8 Å². The van der Waals surface area contributed by atoms with Crippen LogP contribution < -0.4 is 20.3 Å². The number of amides is 1. The number of benzene rings is 3. The van der Waals surface area contributed by atoms with E-state index in [1.54, 1.807) is 0 Å². The Labute approximate surface area is 218 Å². The third-order valence-corrected chi connectivity index (χ3v) is 7.59. The molecule has 6 nitrogen and oxygen atoms in total. The van der Waals surface area contributed by atoms with Crippen LogP contribution in [-0.4, -0.2) is 43.2 Å². The zero-order valence-electron chi connectivity index (χ0n) is 21.3. The fourth-order valence-corrected chi connectivity index (χ4v) is 5.49. The first-order valence-electron chi connectivity index (χ1n) is 13.4. The Morgan fingerprint density at radius 2 is 1.97 bits per heavy atom. The molecule has 1 amide bonds. The molecule has 1 fully saturated rings. The van der Waals surface area contributed by atoms with Gasteiger partial charge in [0.1, 0.15) is 5.75 Å². The summed E-state index contributed by atoms with van der Waals surface area (Å²) in [4.78, 5) is 19.1. The predicted octanol–water partition coefficient (Wildman–Crippen LogP) is 6.06. The largest absolute Gasteiger partial charge is 0.493 e. The standard InChI is InChI=1S/C31H34N4O2/c1-21-13-16-35(29-7-3-2-6-28(29)34-21)31(36)25-8-10-26(23-9-11-27-24(17-23)12-15-33-27)30(18-25)37-20-22-5-4-14-32-19-22/h2-3,6-12,15,17-18,21-22,32-34H,4-5,13-14,16,19-20H2,1H3/t21-,22?/m0/s1. The topological polar surface area (TPSA) is 69.4 Å². The number of ether oxygens (including phenoxy) is 1. The summed E-state index contributed by atoms with van der Waals surface area (Å²) in [6.07, 6.45) is 5.17. The number of H-pyrrole nitrogens is 1. The van der Waals surface area contributed by atoms with E-state index in [9.17, 15) is 4.79 Å². The van der Waals surface area contributed by atoms with E-state index in [1.807, 2.05) is 53.6 Å². The van der Waals surface area contributed by atoms with E-state index in [1.165, 1.54) is 6.42 Å². The molecule has 0 radical (unpaired) electrons. The minimum atomic E-state index is 0.000157. The molecule has 6 rings (SSSR count). The lowest BCUT2D eigenvalue weighted by atomic mass is 9.99. The molecule has 1 unspecified atom stereocenters. The Hall–Kier alpha value is -3.77. The first kappa shape index (κ1) is 23.6. The zero-order chi connectivity index (χ0) is 25.2. The quantitative estimate of drug-likeness (QED) is 0.315. The van der Waals surface area contributed by atoms with Gasteiger partial charge in [-0.05, 0) is 92.2 Å². The van der Waals surface area contributed by atoms with E-state index in [0.717, 1.165) is 65.1 Å². The highest BCUT2D eigenvalue weighted by Crippen LogP contribution is 2.36. The van der Waals surface area contributed by atoms with Crippen molar-refractivity contribution in [3.63, 3.8) is 0 Å². The van der Waals surface area contributed by atoms with Crippen molar-refractivity contribution in [2.24, 2.45) is 5.92 Å². The molecule has 6 heteroatoms. The molecule has 190 valence electrons. The number of hydrogen-bond acceptors (Lipinski definition) is 4. The number of piperidine rings is 1. The van der Waals surface area contributed by atoms with Gasteiger partial charge in [0.15, 0.2) is 0 Å². The van der Waals surface area contributed by atoms with E-state index >= 15 is 0 Å². The van der Waals surface area contributed by atoms with Crippen LogP contribution in [0.25, 0.3) is 22.0 Å². The summed E-state index contributed by atoms with van der Waals surface area (Å²) >= 11 is 0. The van der Waals surface area contributed by atoms with Crippen LogP contribution in [0.1, 0.15) is 36.5 Å². The van der Waals surface area contributed by atoms with Gasteiger partial charge in [-0.3, -0.25) is 4.79 Å². The number of fused-ring (bicyclic) bond motifs is 2. The van der Waals surface area contributed by atoms with Gasteiger partial charge in [-0.25, -0.2) is 0 Å². The minimum Gasteiger partial charge on any atom is -0.493 e. The lowest BCUT2D eigenvalue weighted by molar-refractivity contribution is 0.0986. The average Bonchev–Trinajstić information content (AvgIpc) is 3.34. The maximum absolute atomic E-state index is 13.9. The molecule has 2 aliphatic rings. The number of aromatic nitrogens is 1. The fraction of sp³-hybridized carbons (Fsp3) is 0.323. The number of anilines is 2. The molecule has 4 aromatic rings. The fourth-order valence-electron chi connectivity index (χ4n) is 5.49. The minimum absolute atomic E-state index is 0.000157. The van der Waals surface area contributed by atoms with Gasteiger partial charge >= 0.3 is 0 Å². The lowest BCUT2D eigenvalue weighted by Gasteiger charge is -2.25. The molecular formula is C31H34N4O2. The normalized spacial score (nSPS) is 19.6. The summed E-state index contributed by atoms with van der Waals surface area (Å²) in [6, 6.07) is 22.8. The Bertz CT molecular complexity index is 1410. The molecule has 2 atom stereocenters. The van der Waals surface area contributed by atoms with Crippen molar-refractivity contribution in [2.75, 3.05) is 36.5 Å². The van der Waals surface area contributed by atoms with Crippen LogP contribution in [-0.2, 0) is 0 Å². The van der Waals surface area contributed by atoms with Crippen LogP contribution in [0.4, 0.5) is 11.4 Å². The second-order valence-corrected chi connectivity index (χ2v) is 10.3. The zero-order valence-corrected chi connectivity index (χ0v) is 21.3. The Kier molecular flexibility index (Phi) is 6.58. The van der Waals surface area contributed by atoms with Crippen LogP contribution in [0.3, 0.4) is 0 Å². The lowest BCUT2D eigenvalue weighted by Crippen LogP contribution is -2.33. The van der Waals surface area contributed by atoms with Crippen molar-refractivity contribution in [1.29, 1.82) is 0 Å². The van der Waals surface area contributed by atoms with Gasteiger partial charge in [-0.2, -0.15) is 0 Å². The molecule has 1 saturated heterocycles. The second kappa shape index (κ2) is 10.3. The highest BCUT2D eigenvalue weighted by Gasteiger charge is 2.25. The summed E-state index contributed by atoms with van der Waals surface area (Å²) in [5.74, 6) is 1.24. The summed E-state index contributed by atoms with van der Waals surface area (Å²) < 4.78 is 6.48. The van der Waals surface area contributed by atoms with Crippen LogP contribution in [0, 0.1) is 5.92 Å². The maximum Gasteiger partial charge on any atom is 0.258 e. The second-order valence-electron chi connectivity index (χ2n) is 10.3. The summed E-state index contributed by atoms with van der Waals surface area (Å²) in [5.41, 5.74) is 5.77. The molecule has 0 saturated carbocycles.